The van der Waals surface area contributed by atoms with Crippen molar-refractivity contribution in [1.82, 2.24) is 9.80 Å². The van der Waals surface area contributed by atoms with E-state index in [9.17, 15) is 0 Å². The first-order chi connectivity index (χ1) is 6.15. The summed E-state index contributed by atoms with van der Waals surface area (Å²) < 4.78 is 0. The van der Waals surface area contributed by atoms with Gasteiger partial charge in [0.25, 0.3) is 0 Å². The lowest BCUT2D eigenvalue weighted by Crippen LogP contribution is -2.46. The Kier molecular flexibility index (Phi) is 3.94. The van der Waals surface area contributed by atoms with Gasteiger partial charge in [0.05, 0.1) is 0 Å². The Balaban J connectivity index is 2.40. The zero-order chi connectivity index (χ0) is 9.84. The highest BCUT2D eigenvalue weighted by molar-refractivity contribution is 4.84. The van der Waals surface area contributed by atoms with Crippen LogP contribution in [0.1, 0.15) is 19.8 Å². The molecule has 0 aromatic rings. The third kappa shape index (κ3) is 2.82. The Morgan fingerprint density at radius 3 is 2.85 bits per heavy atom. The van der Waals surface area contributed by atoms with E-state index >= 15 is 0 Å². The topological polar surface area (TPSA) is 6.48 Å². The molecular weight excluding hydrogens is 160 g/mol. The van der Waals surface area contributed by atoms with Crippen LogP contribution in [0.3, 0.4) is 0 Å². The van der Waals surface area contributed by atoms with Crippen molar-refractivity contribution in [3.63, 3.8) is 0 Å². The minimum Gasteiger partial charge on any atom is -0.304 e. The van der Waals surface area contributed by atoms with Crippen LogP contribution in [-0.4, -0.2) is 49.1 Å². The second kappa shape index (κ2) is 4.77. The molecule has 1 saturated heterocycles. The maximum Gasteiger partial charge on any atom is 0.0160 e. The summed E-state index contributed by atoms with van der Waals surface area (Å²) in [5.74, 6) is 0. The number of hydrogen-bond acceptors (Lipinski definition) is 2. The van der Waals surface area contributed by atoms with Crippen LogP contribution < -0.4 is 0 Å². The third-order valence-electron chi connectivity index (χ3n) is 3.22. The molecule has 13 heavy (non-hydrogen) atoms. The van der Waals surface area contributed by atoms with Crippen molar-refractivity contribution in [3.8, 4) is 0 Å². The molecule has 0 saturated carbocycles. The fraction of sp³-hybridized carbons (Fsp3) is 0.818. The van der Waals surface area contributed by atoms with Crippen LogP contribution in [0.2, 0.25) is 0 Å². The molecule has 0 radical (unpaired) electrons. The Bertz CT molecular complexity index is 167. The Labute approximate surface area is 82.2 Å². The first-order valence-corrected chi connectivity index (χ1v) is 5.16. The lowest BCUT2D eigenvalue weighted by atomic mass is 9.98. The van der Waals surface area contributed by atoms with Gasteiger partial charge in [-0.25, -0.2) is 0 Å². The van der Waals surface area contributed by atoms with Crippen molar-refractivity contribution in [2.75, 3.05) is 27.2 Å². The van der Waals surface area contributed by atoms with Gasteiger partial charge >= 0.3 is 0 Å². The zero-order valence-electron chi connectivity index (χ0n) is 9.16. The van der Waals surface area contributed by atoms with Crippen molar-refractivity contribution in [3.05, 3.63) is 12.7 Å². The van der Waals surface area contributed by atoms with Crippen LogP contribution >= 0.6 is 0 Å². The van der Waals surface area contributed by atoms with Gasteiger partial charge in [0.1, 0.15) is 0 Å². The minimum atomic E-state index is 0.728. The number of likely N-dealkylation sites (N-methyl/N-ethyl adjacent to an activating group) is 1. The summed E-state index contributed by atoms with van der Waals surface area (Å²) in [5, 5.41) is 0. The third-order valence-corrected chi connectivity index (χ3v) is 3.22. The Morgan fingerprint density at radius 2 is 2.31 bits per heavy atom. The summed E-state index contributed by atoms with van der Waals surface area (Å²) in [6.07, 6.45) is 4.58. The summed E-state index contributed by atoms with van der Waals surface area (Å²) in [5.41, 5.74) is 0. The van der Waals surface area contributed by atoms with Crippen LogP contribution in [0.25, 0.3) is 0 Å². The maximum atomic E-state index is 3.78. The Morgan fingerprint density at radius 1 is 1.62 bits per heavy atom. The van der Waals surface area contributed by atoms with Gasteiger partial charge in [0, 0.05) is 18.6 Å². The van der Waals surface area contributed by atoms with E-state index < -0.39 is 0 Å². The number of piperidine rings is 1. The first-order valence-electron chi connectivity index (χ1n) is 5.16. The highest BCUT2D eigenvalue weighted by Crippen LogP contribution is 2.19. The van der Waals surface area contributed by atoms with Gasteiger partial charge in [0.15, 0.2) is 0 Å². The largest absolute Gasteiger partial charge is 0.304 e. The molecule has 0 amide bonds. The number of nitrogens with zero attached hydrogens (tertiary/aromatic N) is 2. The quantitative estimate of drug-likeness (QED) is 0.612. The molecule has 1 rings (SSSR count). The van der Waals surface area contributed by atoms with Gasteiger partial charge in [0.2, 0.25) is 0 Å². The average molecular weight is 182 g/mol. The Hall–Kier alpha value is -0.340. The van der Waals surface area contributed by atoms with E-state index in [2.05, 4.69) is 37.4 Å². The number of rotatable bonds is 3. The normalized spacial score (nSPS) is 30.8. The molecule has 0 bridgehead atoms. The van der Waals surface area contributed by atoms with E-state index in [1.165, 1.54) is 19.4 Å². The van der Waals surface area contributed by atoms with Crippen molar-refractivity contribution >= 4 is 0 Å². The van der Waals surface area contributed by atoms with Crippen molar-refractivity contribution < 1.29 is 0 Å². The lowest BCUT2D eigenvalue weighted by Gasteiger charge is -2.39. The monoisotopic (exact) mass is 182 g/mol. The molecule has 2 unspecified atom stereocenters. The summed E-state index contributed by atoms with van der Waals surface area (Å²) in [6.45, 7) is 8.34. The molecule has 1 aliphatic heterocycles. The van der Waals surface area contributed by atoms with Gasteiger partial charge in [-0.2, -0.15) is 0 Å². The number of hydrogen-bond donors (Lipinski definition) is 0. The molecule has 0 N–H and O–H groups in total. The molecule has 0 spiro atoms. The van der Waals surface area contributed by atoms with Crippen LogP contribution in [0, 0.1) is 0 Å². The molecule has 0 aromatic heterocycles. The molecule has 76 valence electrons. The second-order valence-corrected chi connectivity index (χ2v) is 4.24. The molecular formula is C11H22N2. The van der Waals surface area contributed by atoms with Crippen LogP contribution in [0.4, 0.5) is 0 Å². The summed E-state index contributed by atoms with van der Waals surface area (Å²) in [6, 6.07) is 1.48. The predicted octanol–water partition coefficient (Wildman–Crippen LogP) is 1.59. The minimum absolute atomic E-state index is 0.728. The highest BCUT2D eigenvalue weighted by Gasteiger charge is 2.24. The van der Waals surface area contributed by atoms with E-state index in [0.29, 0.717) is 0 Å². The second-order valence-electron chi connectivity index (χ2n) is 4.24. The van der Waals surface area contributed by atoms with E-state index in [1.54, 1.807) is 0 Å². The summed E-state index contributed by atoms with van der Waals surface area (Å²) in [7, 11) is 4.42. The van der Waals surface area contributed by atoms with E-state index in [-0.39, 0.29) is 0 Å². The predicted molar refractivity (Wildman–Crippen MR) is 57.9 cm³/mol. The standard InChI is InChI=1S/C11H22N2/c1-5-7-13(4)11-6-8-12(3)10(2)9-11/h5,10-11H,1,6-9H2,2-4H3. The van der Waals surface area contributed by atoms with E-state index in [1.807, 2.05) is 6.08 Å². The maximum absolute atomic E-state index is 3.78. The van der Waals surface area contributed by atoms with Gasteiger partial charge in [-0.3, -0.25) is 4.90 Å². The van der Waals surface area contributed by atoms with Crippen molar-refractivity contribution in [2.24, 2.45) is 0 Å². The molecule has 1 heterocycles. The smallest absolute Gasteiger partial charge is 0.0160 e. The van der Waals surface area contributed by atoms with Crippen molar-refractivity contribution in [1.29, 1.82) is 0 Å². The SMILES string of the molecule is C=CCN(C)C1CCN(C)C(C)C1. The summed E-state index contributed by atoms with van der Waals surface area (Å²) >= 11 is 0. The lowest BCUT2D eigenvalue weighted by molar-refractivity contribution is 0.112. The average Bonchev–Trinajstić information content (AvgIpc) is 2.10. The first kappa shape index (κ1) is 10.7. The molecule has 0 aromatic carbocycles. The molecule has 2 atom stereocenters. The van der Waals surface area contributed by atoms with Crippen LogP contribution in [-0.2, 0) is 0 Å². The molecule has 1 fully saturated rings. The van der Waals surface area contributed by atoms with Gasteiger partial charge < -0.3 is 4.90 Å². The fourth-order valence-electron chi connectivity index (χ4n) is 2.02. The molecule has 0 aliphatic carbocycles. The number of likely N-dealkylation sites (tertiary alicyclic amines) is 1. The van der Waals surface area contributed by atoms with Gasteiger partial charge in [-0.1, -0.05) is 6.08 Å². The highest BCUT2D eigenvalue weighted by atomic mass is 15.2. The van der Waals surface area contributed by atoms with Crippen LogP contribution in [0.15, 0.2) is 12.7 Å². The molecule has 2 nitrogen and oxygen atoms in total. The summed E-state index contributed by atoms with van der Waals surface area (Å²) in [4.78, 5) is 4.86. The van der Waals surface area contributed by atoms with Crippen molar-refractivity contribution in [2.45, 2.75) is 31.8 Å². The van der Waals surface area contributed by atoms with Crippen LogP contribution in [0.5, 0.6) is 0 Å². The van der Waals surface area contributed by atoms with E-state index in [0.717, 1.165) is 18.6 Å². The van der Waals surface area contributed by atoms with E-state index in [4.69, 9.17) is 0 Å². The zero-order valence-corrected chi connectivity index (χ0v) is 9.16. The fourth-order valence-corrected chi connectivity index (χ4v) is 2.02. The molecule has 1 aliphatic rings. The molecule has 2 heteroatoms. The van der Waals surface area contributed by atoms with Gasteiger partial charge in [-0.15, -0.1) is 6.58 Å². The van der Waals surface area contributed by atoms with Gasteiger partial charge in [-0.05, 0) is 40.4 Å².